The maximum atomic E-state index is 3.73. The second-order valence-corrected chi connectivity index (χ2v) is 6.86. The molecule has 0 aliphatic carbocycles. The summed E-state index contributed by atoms with van der Waals surface area (Å²) in [5.41, 5.74) is 2.87. The molecule has 0 saturated carbocycles. The molecule has 2 nitrogen and oxygen atoms in total. The van der Waals surface area contributed by atoms with Crippen LogP contribution in [0.4, 0.5) is 0 Å². The van der Waals surface area contributed by atoms with Crippen LogP contribution in [0.25, 0.3) is 0 Å². The fourth-order valence-corrected chi connectivity index (χ4v) is 3.22. The molecule has 1 fully saturated rings. The molecule has 1 aliphatic rings. The van der Waals surface area contributed by atoms with Crippen LogP contribution >= 0.6 is 0 Å². The van der Waals surface area contributed by atoms with E-state index in [1.165, 1.54) is 43.5 Å². The van der Waals surface area contributed by atoms with Crippen LogP contribution in [0.1, 0.15) is 57.7 Å². The number of hydrogen-bond donors (Lipinski definition) is 1. The van der Waals surface area contributed by atoms with Gasteiger partial charge in [-0.25, -0.2) is 0 Å². The summed E-state index contributed by atoms with van der Waals surface area (Å²) < 4.78 is 0. The Bertz CT molecular complexity index is 410. The number of aryl methyl sites for hydroxylation is 1. The molecule has 0 aromatic heterocycles. The summed E-state index contributed by atoms with van der Waals surface area (Å²) >= 11 is 0. The molecule has 1 saturated heterocycles. The molecule has 2 atom stereocenters. The van der Waals surface area contributed by atoms with Crippen molar-refractivity contribution in [3.05, 3.63) is 35.4 Å². The molecule has 2 heteroatoms. The smallest absolute Gasteiger partial charge is 0.0291 e. The standard InChI is InChI=1S/C19H32N2/c1-5-6-17-7-9-19(10-8-17)16(4)20-13-18-11-12-21(14-18)15(2)3/h7-10,15-16,18,20H,5-6,11-14H2,1-4H3. The molecule has 0 spiro atoms. The monoisotopic (exact) mass is 288 g/mol. The third-order valence-electron chi connectivity index (χ3n) is 4.78. The summed E-state index contributed by atoms with van der Waals surface area (Å²) in [5.74, 6) is 0.814. The van der Waals surface area contributed by atoms with E-state index in [0.29, 0.717) is 12.1 Å². The van der Waals surface area contributed by atoms with E-state index in [4.69, 9.17) is 0 Å². The van der Waals surface area contributed by atoms with Crippen molar-refractivity contribution in [2.75, 3.05) is 19.6 Å². The van der Waals surface area contributed by atoms with E-state index in [9.17, 15) is 0 Å². The molecule has 1 aliphatic heterocycles. The molecular formula is C19H32N2. The molecule has 0 amide bonds. The van der Waals surface area contributed by atoms with Gasteiger partial charge in [-0.2, -0.15) is 0 Å². The summed E-state index contributed by atoms with van der Waals surface area (Å²) in [6.45, 7) is 12.8. The average molecular weight is 288 g/mol. The molecule has 2 rings (SSSR count). The van der Waals surface area contributed by atoms with E-state index in [1.54, 1.807) is 0 Å². The van der Waals surface area contributed by atoms with Crippen LogP contribution in [0.15, 0.2) is 24.3 Å². The van der Waals surface area contributed by atoms with E-state index in [-0.39, 0.29) is 0 Å². The zero-order valence-electron chi connectivity index (χ0n) is 14.2. The topological polar surface area (TPSA) is 15.3 Å². The van der Waals surface area contributed by atoms with Crippen molar-refractivity contribution >= 4 is 0 Å². The largest absolute Gasteiger partial charge is 0.310 e. The minimum absolute atomic E-state index is 0.453. The van der Waals surface area contributed by atoms with E-state index >= 15 is 0 Å². The van der Waals surface area contributed by atoms with Crippen molar-refractivity contribution in [2.24, 2.45) is 5.92 Å². The molecule has 2 unspecified atom stereocenters. The van der Waals surface area contributed by atoms with Crippen molar-refractivity contribution in [1.82, 2.24) is 10.2 Å². The van der Waals surface area contributed by atoms with Gasteiger partial charge in [0.1, 0.15) is 0 Å². The van der Waals surface area contributed by atoms with Gasteiger partial charge in [0.2, 0.25) is 0 Å². The van der Waals surface area contributed by atoms with Crippen molar-refractivity contribution in [1.29, 1.82) is 0 Å². The van der Waals surface area contributed by atoms with E-state index < -0.39 is 0 Å². The summed E-state index contributed by atoms with van der Waals surface area (Å²) in [4.78, 5) is 2.59. The molecule has 1 heterocycles. The molecule has 0 radical (unpaired) electrons. The lowest BCUT2D eigenvalue weighted by Crippen LogP contribution is -2.31. The van der Waals surface area contributed by atoms with Crippen molar-refractivity contribution in [3.63, 3.8) is 0 Å². The Labute approximate surface area is 130 Å². The fourth-order valence-electron chi connectivity index (χ4n) is 3.22. The van der Waals surface area contributed by atoms with Gasteiger partial charge in [0.05, 0.1) is 0 Å². The van der Waals surface area contributed by atoms with Crippen LogP contribution in [0.5, 0.6) is 0 Å². The number of nitrogens with one attached hydrogen (secondary N) is 1. The van der Waals surface area contributed by atoms with E-state index in [0.717, 1.165) is 12.5 Å². The Hall–Kier alpha value is -0.860. The van der Waals surface area contributed by atoms with Gasteiger partial charge in [-0.1, -0.05) is 37.6 Å². The fraction of sp³-hybridized carbons (Fsp3) is 0.684. The van der Waals surface area contributed by atoms with Crippen LogP contribution in [0.2, 0.25) is 0 Å². The first-order valence-electron chi connectivity index (χ1n) is 8.66. The SMILES string of the molecule is CCCc1ccc(C(C)NCC2CCN(C(C)C)C2)cc1. The minimum atomic E-state index is 0.453. The number of benzene rings is 1. The Morgan fingerprint density at radius 2 is 1.90 bits per heavy atom. The van der Waals surface area contributed by atoms with Gasteiger partial charge in [-0.15, -0.1) is 0 Å². The van der Waals surface area contributed by atoms with Gasteiger partial charge in [0.25, 0.3) is 0 Å². The van der Waals surface area contributed by atoms with Crippen LogP contribution < -0.4 is 5.32 Å². The first-order valence-corrected chi connectivity index (χ1v) is 8.66. The molecule has 118 valence electrons. The Kier molecular flexibility index (Phi) is 6.25. The van der Waals surface area contributed by atoms with Gasteiger partial charge >= 0.3 is 0 Å². The maximum absolute atomic E-state index is 3.73. The van der Waals surface area contributed by atoms with E-state index in [2.05, 4.69) is 62.2 Å². The predicted molar refractivity (Wildman–Crippen MR) is 91.7 cm³/mol. The van der Waals surface area contributed by atoms with Gasteiger partial charge in [-0.05, 0) is 63.7 Å². The van der Waals surface area contributed by atoms with Crippen LogP contribution in [0, 0.1) is 5.92 Å². The third-order valence-corrected chi connectivity index (χ3v) is 4.78. The highest BCUT2D eigenvalue weighted by molar-refractivity contribution is 5.24. The lowest BCUT2D eigenvalue weighted by atomic mass is 10.0. The Morgan fingerprint density at radius 3 is 2.48 bits per heavy atom. The quantitative estimate of drug-likeness (QED) is 0.815. The Morgan fingerprint density at radius 1 is 1.19 bits per heavy atom. The second kappa shape index (κ2) is 7.95. The van der Waals surface area contributed by atoms with Gasteiger partial charge in [0, 0.05) is 18.6 Å². The van der Waals surface area contributed by atoms with Crippen LogP contribution in [0.3, 0.4) is 0 Å². The second-order valence-electron chi connectivity index (χ2n) is 6.86. The summed E-state index contributed by atoms with van der Waals surface area (Å²) in [6.07, 6.45) is 3.75. The zero-order chi connectivity index (χ0) is 15.2. The first-order chi connectivity index (χ1) is 10.1. The number of rotatable bonds is 7. The lowest BCUT2D eigenvalue weighted by molar-refractivity contribution is 0.263. The number of nitrogens with zero attached hydrogens (tertiary/aromatic N) is 1. The Balaban J connectivity index is 1.78. The third kappa shape index (κ3) is 4.82. The summed E-state index contributed by atoms with van der Waals surface area (Å²) in [6, 6.07) is 10.3. The molecule has 1 aromatic rings. The number of hydrogen-bond acceptors (Lipinski definition) is 2. The van der Waals surface area contributed by atoms with E-state index in [1.807, 2.05) is 0 Å². The van der Waals surface area contributed by atoms with Gasteiger partial charge in [0.15, 0.2) is 0 Å². The average Bonchev–Trinajstić information content (AvgIpc) is 2.95. The minimum Gasteiger partial charge on any atom is -0.310 e. The lowest BCUT2D eigenvalue weighted by Gasteiger charge is -2.21. The van der Waals surface area contributed by atoms with Crippen LogP contribution in [-0.4, -0.2) is 30.6 Å². The summed E-state index contributed by atoms with van der Waals surface area (Å²) in [5, 5.41) is 3.73. The number of likely N-dealkylation sites (tertiary alicyclic amines) is 1. The highest BCUT2D eigenvalue weighted by Crippen LogP contribution is 2.20. The normalized spacial score (nSPS) is 21.1. The molecule has 21 heavy (non-hydrogen) atoms. The summed E-state index contributed by atoms with van der Waals surface area (Å²) in [7, 11) is 0. The van der Waals surface area contributed by atoms with Crippen molar-refractivity contribution < 1.29 is 0 Å². The zero-order valence-corrected chi connectivity index (χ0v) is 14.2. The molecule has 0 bridgehead atoms. The van der Waals surface area contributed by atoms with Crippen molar-refractivity contribution in [3.8, 4) is 0 Å². The van der Waals surface area contributed by atoms with Gasteiger partial charge < -0.3 is 10.2 Å². The highest BCUT2D eigenvalue weighted by atomic mass is 15.2. The van der Waals surface area contributed by atoms with Gasteiger partial charge in [-0.3, -0.25) is 0 Å². The molecular weight excluding hydrogens is 256 g/mol. The van der Waals surface area contributed by atoms with Crippen molar-refractivity contribution in [2.45, 2.75) is 59.0 Å². The first kappa shape index (κ1) is 16.5. The maximum Gasteiger partial charge on any atom is 0.0291 e. The molecule has 1 N–H and O–H groups in total. The highest BCUT2D eigenvalue weighted by Gasteiger charge is 2.24. The predicted octanol–water partition coefficient (Wildman–Crippen LogP) is 4.02. The van der Waals surface area contributed by atoms with Crippen LogP contribution in [-0.2, 0) is 6.42 Å². The molecule has 1 aromatic carbocycles.